The summed E-state index contributed by atoms with van der Waals surface area (Å²) in [5, 5.41) is 2.89. The van der Waals surface area contributed by atoms with Crippen LogP contribution in [0.5, 0.6) is 5.75 Å². The minimum Gasteiger partial charge on any atom is -0.494 e. The zero-order valence-corrected chi connectivity index (χ0v) is 19.1. The van der Waals surface area contributed by atoms with E-state index in [1.165, 1.54) is 12.1 Å². The van der Waals surface area contributed by atoms with Gasteiger partial charge in [-0.25, -0.2) is 8.42 Å². The van der Waals surface area contributed by atoms with E-state index >= 15 is 0 Å². The van der Waals surface area contributed by atoms with Crippen LogP contribution < -0.4 is 14.8 Å². The summed E-state index contributed by atoms with van der Waals surface area (Å²) in [6, 6.07) is 16.0. The molecular weight excluding hydrogens is 430 g/mol. The van der Waals surface area contributed by atoms with E-state index in [1.54, 1.807) is 48.7 Å². The van der Waals surface area contributed by atoms with Crippen LogP contribution in [0.3, 0.4) is 0 Å². The van der Waals surface area contributed by atoms with Crippen LogP contribution >= 0.6 is 0 Å². The number of likely N-dealkylation sites (N-methyl/N-ethyl adjacent to an activating group) is 1. The second kappa shape index (κ2) is 10.3. The number of anilines is 1. The molecule has 9 heteroatoms. The van der Waals surface area contributed by atoms with Crippen molar-refractivity contribution in [3.05, 3.63) is 78.3 Å². The Kier molecular flexibility index (Phi) is 7.55. The zero-order valence-electron chi connectivity index (χ0n) is 18.2. The van der Waals surface area contributed by atoms with E-state index in [0.29, 0.717) is 30.2 Å². The SMILES string of the molecule is CCOc1ccc(S(=O)(=O)Nc2ccc(C(=O)NC[C@@H](c3ccco3)N(C)C)cc2)cc1. The number of furan rings is 1. The molecule has 2 aromatic carbocycles. The third-order valence-electron chi connectivity index (χ3n) is 4.80. The highest BCUT2D eigenvalue weighted by molar-refractivity contribution is 7.92. The number of hydrogen-bond donors (Lipinski definition) is 2. The van der Waals surface area contributed by atoms with Gasteiger partial charge in [0.2, 0.25) is 0 Å². The van der Waals surface area contributed by atoms with Crippen molar-refractivity contribution in [3.63, 3.8) is 0 Å². The molecule has 0 spiro atoms. The van der Waals surface area contributed by atoms with Gasteiger partial charge in [0.05, 0.1) is 23.8 Å². The Morgan fingerprint density at radius 1 is 1.06 bits per heavy atom. The van der Waals surface area contributed by atoms with Crippen LogP contribution in [0.2, 0.25) is 0 Å². The lowest BCUT2D eigenvalue weighted by Gasteiger charge is -2.22. The maximum absolute atomic E-state index is 12.6. The first-order valence-corrected chi connectivity index (χ1v) is 11.6. The third-order valence-corrected chi connectivity index (χ3v) is 6.19. The summed E-state index contributed by atoms with van der Waals surface area (Å²) < 4.78 is 38.5. The molecule has 2 N–H and O–H groups in total. The first kappa shape index (κ1) is 23.4. The predicted octanol–water partition coefficient (Wildman–Crippen LogP) is 3.51. The van der Waals surface area contributed by atoms with Gasteiger partial charge in [-0.05, 0) is 81.7 Å². The van der Waals surface area contributed by atoms with Gasteiger partial charge in [-0.3, -0.25) is 14.4 Å². The molecule has 0 unspecified atom stereocenters. The first-order valence-electron chi connectivity index (χ1n) is 10.1. The van der Waals surface area contributed by atoms with E-state index in [-0.39, 0.29) is 16.8 Å². The molecule has 1 heterocycles. The monoisotopic (exact) mass is 457 g/mol. The van der Waals surface area contributed by atoms with E-state index < -0.39 is 10.0 Å². The van der Waals surface area contributed by atoms with Gasteiger partial charge in [-0.1, -0.05) is 0 Å². The number of nitrogens with zero attached hydrogens (tertiary/aromatic N) is 1. The quantitative estimate of drug-likeness (QED) is 0.483. The van der Waals surface area contributed by atoms with Gasteiger partial charge in [0.25, 0.3) is 15.9 Å². The minimum atomic E-state index is -3.76. The van der Waals surface area contributed by atoms with Crippen molar-refractivity contribution >= 4 is 21.6 Å². The van der Waals surface area contributed by atoms with Crippen LogP contribution in [0.4, 0.5) is 5.69 Å². The van der Waals surface area contributed by atoms with Crippen LogP contribution in [0.1, 0.15) is 29.1 Å². The Hall–Kier alpha value is -3.30. The van der Waals surface area contributed by atoms with Gasteiger partial charge in [-0.2, -0.15) is 0 Å². The second-order valence-corrected chi connectivity index (χ2v) is 8.97. The predicted molar refractivity (Wildman–Crippen MR) is 122 cm³/mol. The number of carbonyl (C=O) groups is 1. The lowest BCUT2D eigenvalue weighted by Crippen LogP contribution is -2.34. The van der Waals surface area contributed by atoms with E-state index in [1.807, 2.05) is 32.0 Å². The van der Waals surface area contributed by atoms with Crippen molar-refractivity contribution in [3.8, 4) is 5.75 Å². The molecule has 0 aliphatic heterocycles. The molecule has 8 nitrogen and oxygen atoms in total. The molecule has 3 aromatic rings. The normalized spacial score (nSPS) is 12.4. The Bertz CT molecular complexity index is 1110. The fourth-order valence-corrected chi connectivity index (χ4v) is 4.15. The van der Waals surface area contributed by atoms with Crippen LogP contribution in [-0.4, -0.2) is 46.5 Å². The highest BCUT2D eigenvalue weighted by atomic mass is 32.2. The molecule has 32 heavy (non-hydrogen) atoms. The van der Waals surface area contributed by atoms with E-state index in [9.17, 15) is 13.2 Å². The van der Waals surface area contributed by atoms with Crippen LogP contribution in [-0.2, 0) is 10.0 Å². The molecular formula is C23H27N3O5S. The maximum Gasteiger partial charge on any atom is 0.261 e. The molecule has 0 fully saturated rings. The molecule has 0 aliphatic carbocycles. The van der Waals surface area contributed by atoms with Gasteiger partial charge in [0.15, 0.2) is 0 Å². The Morgan fingerprint density at radius 2 is 1.75 bits per heavy atom. The van der Waals surface area contributed by atoms with Crippen molar-refractivity contribution in [1.29, 1.82) is 0 Å². The molecule has 0 aliphatic rings. The Labute approximate surface area is 188 Å². The summed E-state index contributed by atoms with van der Waals surface area (Å²) in [6.45, 7) is 2.73. The summed E-state index contributed by atoms with van der Waals surface area (Å²) in [5.41, 5.74) is 0.781. The molecule has 0 saturated heterocycles. The lowest BCUT2D eigenvalue weighted by atomic mass is 10.1. The number of rotatable bonds is 10. The number of benzene rings is 2. The topological polar surface area (TPSA) is 101 Å². The van der Waals surface area contributed by atoms with Gasteiger partial charge >= 0.3 is 0 Å². The summed E-state index contributed by atoms with van der Waals surface area (Å²) in [5.74, 6) is 1.10. The largest absolute Gasteiger partial charge is 0.494 e. The maximum atomic E-state index is 12.6. The fourth-order valence-electron chi connectivity index (χ4n) is 3.10. The number of nitrogens with one attached hydrogen (secondary N) is 2. The number of sulfonamides is 1. The van der Waals surface area contributed by atoms with E-state index in [0.717, 1.165) is 5.76 Å². The summed E-state index contributed by atoms with van der Waals surface area (Å²) >= 11 is 0. The van der Waals surface area contributed by atoms with Crippen LogP contribution in [0.25, 0.3) is 0 Å². The minimum absolute atomic E-state index is 0.103. The number of ether oxygens (including phenoxy) is 1. The molecule has 1 amide bonds. The van der Waals surface area contributed by atoms with Crippen molar-refractivity contribution in [2.24, 2.45) is 0 Å². The molecule has 1 aromatic heterocycles. The Morgan fingerprint density at radius 3 is 2.31 bits per heavy atom. The number of amides is 1. The molecule has 0 bridgehead atoms. The lowest BCUT2D eigenvalue weighted by molar-refractivity contribution is 0.0939. The summed E-state index contributed by atoms with van der Waals surface area (Å²) in [4.78, 5) is 14.6. The summed E-state index contributed by atoms with van der Waals surface area (Å²) in [7, 11) is 0.0584. The Balaban J connectivity index is 1.62. The van der Waals surface area contributed by atoms with E-state index in [2.05, 4.69) is 10.0 Å². The molecule has 1 atom stereocenters. The highest BCUT2D eigenvalue weighted by Gasteiger charge is 2.19. The second-order valence-electron chi connectivity index (χ2n) is 7.29. The van der Waals surface area contributed by atoms with Crippen molar-refractivity contribution in [1.82, 2.24) is 10.2 Å². The number of hydrogen-bond acceptors (Lipinski definition) is 6. The molecule has 3 rings (SSSR count). The third kappa shape index (κ3) is 5.89. The standard InChI is InChI=1S/C23H27N3O5S/c1-4-30-19-11-13-20(14-12-19)32(28,29)25-18-9-7-17(8-10-18)23(27)24-16-21(26(2)3)22-6-5-15-31-22/h5-15,21,25H,4,16H2,1-3H3,(H,24,27)/t21-/m0/s1. The van der Waals surface area contributed by atoms with Gasteiger partial charge < -0.3 is 14.5 Å². The highest BCUT2D eigenvalue weighted by Crippen LogP contribution is 2.20. The van der Waals surface area contributed by atoms with Crippen molar-refractivity contribution < 1.29 is 22.4 Å². The number of carbonyl (C=O) groups excluding carboxylic acids is 1. The molecule has 0 saturated carbocycles. The van der Waals surface area contributed by atoms with Gasteiger partial charge in [-0.15, -0.1) is 0 Å². The summed E-state index contributed by atoms with van der Waals surface area (Å²) in [6.07, 6.45) is 1.60. The van der Waals surface area contributed by atoms with Crippen molar-refractivity contribution in [2.75, 3.05) is 32.0 Å². The fraction of sp³-hybridized carbons (Fsp3) is 0.261. The molecule has 170 valence electrons. The molecule has 0 radical (unpaired) electrons. The van der Waals surface area contributed by atoms with E-state index in [4.69, 9.17) is 9.15 Å². The van der Waals surface area contributed by atoms with Crippen LogP contribution in [0.15, 0.2) is 76.2 Å². The smallest absolute Gasteiger partial charge is 0.261 e. The first-order chi connectivity index (χ1) is 15.3. The average molecular weight is 458 g/mol. The van der Waals surface area contributed by atoms with Crippen molar-refractivity contribution in [2.45, 2.75) is 17.9 Å². The van der Waals surface area contributed by atoms with Gasteiger partial charge in [0.1, 0.15) is 11.5 Å². The average Bonchev–Trinajstić information content (AvgIpc) is 3.29. The van der Waals surface area contributed by atoms with Gasteiger partial charge in [0, 0.05) is 17.8 Å². The zero-order chi connectivity index (χ0) is 23.1. The van der Waals surface area contributed by atoms with Crippen LogP contribution in [0, 0.1) is 0 Å².